The Balaban J connectivity index is 2.00. The van der Waals surface area contributed by atoms with Gasteiger partial charge in [0.1, 0.15) is 0 Å². The zero-order valence-electron chi connectivity index (χ0n) is 16.7. The third-order valence-electron chi connectivity index (χ3n) is 4.91. The van der Waals surface area contributed by atoms with E-state index in [0.717, 1.165) is 17.2 Å². The summed E-state index contributed by atoms with van der Waals surface area (Å²) in [7, 11) is -6.70. The number of benzene rings is 3. The van der Waals surface area contributed by atoms with Crippen molar-refractivity contribution in [2.24, 2.45) is 0 Å². The number of rotatable bonds is 4. The summed E-state index contributed by atoms with van der Waals surface area (Å²) >= 11 is 1.43. The lowest BCUT2D eigenvalue weighted by molar-refractivity contribution is 0.600. The van der Waals surface area contributed by atoms with Crippen LogP contribution in [0.15, 0.2) is 87.4 Å². The molecule has 0 spiro atoms. The first-order valence-electron chi connectivity index (χ1n) is 9.22. The monoisotopic (exact) mass is 470 g/mol. The van der Waals surface area contributed by atoms with Gasteiger partial charge in [-0.15, -0.1) is 11.3 Å². The maximum Gasteiger partial charge on any atom is 0.196 e. The Morgan fingerprint density at radius 3 is 1.65 bits per heavy atom. The Kier molecular flexibility index (Phi) is 5.33. The second-order valence-corrected chi connectivity index (χ2v) is 12.3. The van der Waals surface area contributed by atoms with E-state index in [9.17, 15) is 21.6 Å². The zero-order valence-corrected chi connectivity index (χ0v) is 19.1. The minimum atomic E-state index is -3.36. The van der Waals surface area contributed by atoms with Crippen molar-refractivity contribution < 1.29 is 16.8 Å². The Hall–Kier alpha value is -2.81. The molecule has 0 saturated carbocycles. The molecule has 1 heterocycles. The van der Waals surface area contributed by atoms with E-state index in [2.05, 4.69) is 0 Å². The quantitative estimate of drug-likeness (QED) is 0.441. The van der Waals surface area contributed by atoms with Crippen LogP contribution in [0.1, 0.15) is 0 Å². The summed E-state index contributed by atoms with van der Waals surface area (Å²) in [6.07, 6.45) is 2.28. The van der Waals surface area contributed by atoms with Crippen LogP contribution < -0.4 is 5.43 Å². The SMILES string of the molecule is CS(=O)(=O)c1ccc(-c2sc3ccccc3c(=O)c2-c2ccc(S(C)(=O)=O)cc2)cc1. The van der Waals surface area contributed by atoms with Crippen molar-refractivity contribution in [3.63, 3.8) is 0 Å². The van der Waals surface area contributed by atoms with Crippen molar-refractivity contribution >= 4 is 41.1 Å². The summed E-state index contributed by atoms with van der Waals surface area (Å²) in [6, 6.07) is 19.9. The topological polar surface area (TPSA) is 85.3 Å². The Bertz CT molecular complexity index is 1560. The minimum absolute atomic E-state index is 0.163. The number of sulfone groups is 2. The molecule has 4 rings (SSSR count). The molecule has 0 unspecified atom stereocenters. The predicted octanol–water partition coefficient (Wildman–Crippen LogP) is 4.40. The van der Waals surface area contributed by atoms with Gasteiger partial charge >= 0.3 is 0 Å². The zero-order chi connectivity index (χ0) is 22.4. The van der Waals surface area contributed by atoms with Gasteiger partial charge in [-0.05, 0) is 47.5 Å². The largest absolute Gasteiger partial charge is 0.288 e. The molecule has 0 atom stereocenters. The highest BCUT2D eigenvalue weighted by Crippen LogP contribution is 2.37. The van der Waals surface area contributed by atoms with E-state index in [1.165, 1.54) is 35.6 Å². The summed E-state index contributed by atoms with van der Waals surface area (Å²) in [5.41, 5.74) is 1.60. The minimum Gasteiger partial charge on any atom is -0.288 e. The van der Waals surface area contributed by atoms with E-state index in [1.54, 1.807) is 36.4 Å². The average molecular weight is 471 g/mol. The molecule has 0 amide bonds. The van der Waals surface area contributed by atoms with Crippen LogP contribution in [0.25, 0.3) is 31.7 Å². The molecule has 0 aliphatic carbocycles. The standard InChI is InChI=1S/C23H18O5S3/c1-30(25,26)17-11-7-15(8-12-17)21-22(24)19-5-3-4-6-20(19)29-23(21)16-9-13-18(14-10-16)31(2,27)28/h3-14H,1-2H3. The fraction of sp³-hybridized carbons (Fsp3) is 0.0870. The Morgan fingerprint density at radius 1 is 0.645 bits per heavy atom. The van der Waals surface area contributed by atoms with Crippen LogP contribution in [0.3, 0.4) is 0 Å². The van der Waals surface area contributed by atoms with E-state index < -0.39 is 19.7 Å². The smallest absolute Gasteiger partial charge is 0.196 e. The first-order valence-corrected chi connectivity index (χ1v) is 13.8. The Morgan fingerprint density at radius 2 is 1.13 bits per heavy atom. The van der Waals surface area contributed by atoms with E-state index in [0.29, 0.717) is 27.0 Å². The van der Waals surface area contributed by atoms with Gasteiger partial charge in [0.05, 0.1) is 9.79 Å². The van der Waals surface area contributed by atoms with E-state index in [4.69, 9.17) is 0 Å². The molecule has 1 aromatic heterocycles. The molecule has 0 aliphatic heterocycles. The molecule has 5 nitrogen and oxygen atoms in total. The molecule has 0 radical (unpaired) electrons. The normalized spacial score (nSPS) is 12.2. The van der Waals surface area contributed by atoms with Crippen molar-refractivity contribution in [3.05, 3.63) is 83.0 Å². The Labute approximate surface area is 184 Å². The van der Waals surface area contributed by atoms with Crippen molar-refractivity contribution in [1.29, 1.82) is 0 Å². The van der Waals surface area contributed by atoms with Gasteiger partial charge in [-0.2, -0.15) is 0 Å². The van der Waals surface area contributed by atoms with E-state index in [-0.39, 0.29) is 15.2 Å². The van der Waals surface area contributed by atoms with Gasteiger partial charge in [0.2, 0.25) is 0 Å². The lowest BCUT2D eigenvalue weighted by Crippen LogP contribution is -2.06. The van der Waals surface area contributed by atoms with Gasteiger partial charge in [-0.25, -0.2) is 16.8 Å². The van der Waals surface area contributed by atoms with Crippen molar-refractivity contribution in [3.8, 4) is 21.6 Å². The molecule has 0 fully saturated rings. The second kappa shape index (κ2) is 7.71. The van der Waals surface area contributed by atoms with E-state index >= 15 is 0 Å². The van der Waals surface area contributed by atoms with Crippen molar-refractivity contribution in [1.82, 2.24) is 0 Å². The van der Waals surface area contributed by atoms with Crippen LogP contribution in [-0.4, -0.2) is 29.3 Å². The first kappa shape index (κ1) is 21.4. The maximum atomic E-state index is 13.4. The van der Waals surface area contributed by atoms with Gasteiger partial charge in [-0.1, -0.05) is 36.4 Å². The summed E-state index contributed by atoms with van der Waals surface area (Å²) in [4.78, 5) is 14.5. The third kappa shape index (κ3) is 4.19. The molecule has 4 aromatic rings. The predicted molar refractivity (Wildman–Crippen MR) is 125 cm³/mol. The average Bonchev–Trinajstić information content (AvgIpc) is 2.73. The molecular formula is C23H18O5S3. The fourth-order valence-electron chi connectivity index (χ4n) is 3.33. The van der Waals surface area contributed by atoms with Gasteiger partial charge in [0.15, 0.2) is 25.1 Å². The lowest BCUT2D eigenvalue weighted by Gasteiger charge is -2.12. The van der Waals surface area contributed by atoms with Crippen LogP contribution in [0.5, 0.6) is 0 Å². The second-order valence-electron chi connectivity index (χ2n) is 7.22. The number of hydrogen-bond donors (Lipinski definition) is 0. The molecule has 3 aromatic carbocycles. The highest BCUT2D eigenvalue weighted by Gasteiger charge is 2.18. The number of fused-ring (bicyclic) bond motifs is 1. The summed E-state index contributed by atoms with van der Waals surface area (Å²) in [5.74, 6) is 0. The van der Waals surface area contributed by atoms with Crippen molar-refractivity contribution in [2.45, 2.75) is 9.79 Å². The molecule has 8 heteroatoms. The van der Waals surface area contributed by atoms with Gasteiger partial charge in [0.25, 0.3) is 0 Å². The summed E-state index contributed by atoms with van der Waals surface area (Å²) in [6.45, 7) is 0. The highest BCUT2D eigenvalue weighted by molar-refractivity contribution is 7.91. The molecule has 0 bridgehead atoms. The molecule has 31 heavy (non-hydrogen) atoms. The van der Waals surface area contributed by atoms with Crippen LogP contribution >= 0.6 is 11.3 Å². The van der Waals surface area contributed by atoms with Crippen LogP contribution in [0, 0.1) is 0 Å². The van der Waals surface area contributed by atoms with Crippen LogP contribution in [0.2, 0.25) is 0 Å². The summed E-state index contributed by atoms with van der Waals surface area (Å²) < 4.78 is 48.1. The van der Waals surface area contributed by atoms with E-state index in [1.807, 2.05) is 12.1 Å². The molecular weight excluding hydrogens is 452 g/mol. The molecule has 0 aliphatic rings. The van der Waals surface area contributed by atoms with Crippen molar-refractivity contribution in [2.75, 3.05) is 12.5 Å². The van der Waals surface area contributed by atoms with Crippen LogP contribution in [-0.2, 0) is 19.7 Å². The number of hydrogen-bond acceptors (Lipinski definition) is 6. The van der Waals surface area contributed by atoms with Gasteiger partial charge < -0.3 is 0 Å². The third-order valence-corrected chi connectivity index (χ3v) is 8.39. The highest BCUT2D eigenvalue weighted by atomic mass is 32.2. The van der Waals surface area contributed by atoms with Gasteiger partial charge in [-0.3, -0.25) is 4.79 Å². The lowest BCUT2D eigenvalue weighted by atomic mass is 10.0. The van der Waals surface area contributed by atoms with Gasteiger partial charge in [0, 0.05) is 33.0 Å². The first-order chi connectivity index (χ1) is 14.6. The fourth-order valence-corrected chi connectivity index (χ4v) is 5.79. The molecule has 158 valence electrons. The maximum absolute atomic E-state index is 13.4. The molecule has 0 N–H and O–H groups in total. The summed E-state index contributed by atoms with van der Waals surface area (Å²) in [5, 5.41) is 0.575. The van der Waals surface area contributed by atoms with Crippen LogP contribution in [0.4, 0.5) is 0 Å². The molecule has 0 saturated heterocycles.